The fraction of sp³-hybridized carbons (Fsp3) is 0.633. The van der Waals surface area contributed by atoms with Crippen molar-refractivity contribution in [1.82, 2.24) is 5.32 Å². The van der Waals surface area contributed by atoms with Crippen LogP contribution in [-0.4, -0.2) is 28.3 Å². The van der Waals surface area contributed by atoms with E-state index >= 15 is 0 Å². The maximum absolute atomic E-state index is 12.1. The number of hydrogen-bond acceptors (Lipinski definition) is 3. The molecule has 0 aromatic heterocycles. The van der Waals surface area contributed by atoms with Gasteiger partial charge in [-0.2, -0.15) is 0 Å². The van der Waals surface area contributed by atoms with Crippen LogP contribution in [0.3, 0.4) is 0 Å². The molecule has 34 heavy (non-hydrogen) atoms. The maximum Gasteiger partial charge on any atom is 0.220 e. The van der Waals surface area contributed by atoms with Crippen LogP contribution < -0.4 is 5.32 Å². The van der Waals surface area contributed by atoms with Gasteiger partial charge in [0.2, 0.25) is 5.91 Å². The zero-order valence-corrected chi connectivity index (χ0v) is 21.2. The smallest absolute Gasteiger partial charge is 0.220 e. The number of nitrogens with one attached hydrogen (secondary N) is 1. The molecule has 188 valence electrons. The Labute approximate surface area is 206 Å². The van der Waals surface area contributed by atoms with Gasteiger partial charge < -0.3 is 15.5 Å². The third kappa shape index (κ3) is 8.39. The molecule has 1 aromatic rings. The summed E-state index contributed by atoms with van der Waals surface area (Å²) >= 11 is 0. The number of rotatable bonds is 14. The van der Waals surface area contributed by atoms with Crippen LogP contribution in [0.5, 0.6) is 0 Å². The molecular weight excluding hydrogens is 422 g/mol. The van der Waals surface area contributed by atoms with Crippen molar-refractivity contribution in [1.29, 1.82) is 0 Å². The van der Waals surface area contributed by atoms with Gasteiger partial charge in [0.1, 0.15) is 0 Å². The van der Waals surface area contributed by atoms with Gasteiger partial charge in [-0.3, -0.25) is 4.79 Å². The predicted octanol–water partition coefficient (Wildman–Crippen LogP) is 5.94. The highest BCUT2D eigenvalue weighted by molar-refractivity contribution is 5.75. The number of unbranched alkanes of at least 4 members (excludes halogenated alkanes) is 2. The Morgan fingerprint density at radius 3 is 2.76 bits per heavy atom. The van der Waals surface area contributed by atoms with Crippen LogP contribution in [0.4, 0.5) is 0 Å². The molecule has 2 aliphatic rings. The number of fused-ring (bicyclic) bond motifs is 1. The van der Waals surface area contributed by atoms with Crippen molar-refractivity contribution in [3.63, 3.8) is 0 Å². The molecule has 4 nitrogen and oxygen atoms in total. The average molecular weight is 468 g/mol. The van der Waals surface area contributed by atoms with Crippen LogP contribution in [0.25, 0.3) is 0 Å². The summed E-state index contributed by atoms with van der Waals surface area (Å²) in [7, 11) is 0. The molecule has 0 radical (unpaired) electrons. The van der Waals surface area contributed by atoms with E-state index in [1.54, 1.807) is 0 Å². The number of benzene rings is 1. The van der Waals surface area contributed by atoms with Crippen molar-refractivity contribution < 1.29 is 15.0 Å². The molecule has 0 heterocycles. The number of carbonyl (C=O) groups excluding carboxylic acids is 1. The van der Waals surface area contributed by atoms with Crippen molar-refractivity contribution in [3.8, 4) is 0 Å². The highest BCUT2D eigenvalue weighted by Crippen LogP contribution is 2.48. The van der Waals surface area contributed by atoms with Crippen LogP contribution in [0, 0.1) is 23.7 Å². The first-order valence-electron chi connectivity index (χ1n) is 13.5. The second-order valence-electron chi connectivity index (χ2n) is 10.6. The molecule has 6 atom stereocenters. The van der Waals surface area contributed by atoms with Crippen molar-refractivity contribution in [2.24, 2.45) is 23.7 Å². The van der Waals surface area contributed by atoms with Crippen LogP contribution in [0.2, 0.25) is 0 Å². The van der Waals surface area contributed by atoms with Crippen LogP contribution in [-0.2, 0) is 11.3 Å². The van der Waals surface area contributed by atoms with Crippen LogP contribution in [0.1, 0.15) is 83.6 Å². The van der Waals surface area contributed by atoms with Gasteiger partial charge in [-0.25, -0.2) is 0 Å². The summed E-state index contributed by atoms with van der Waals surface area (Å²) in [4.78, 5) is 12.1. The molecule has 1 aromatic carbocycles. The van der Waals surface area contributed by atoms with Gasteiger partial charge in [0.15, 0.2) is 0 Å². The van der Waals surface area contributed by atoms with E-state index in [0.717, 1.165) is 44.1 Å². The normalized spacial score (nSPS) is 25.8. The number of amides is 1. The molecule has 0 aliphatic heterocycles. The van der Waals surface area contributed by atoms with Gasteiger partial charge in [0, 0.05) is 18.9 Å². The highest BCUT2D eigenvalue weighted by Gasteiger charge is 2.43. The zero-order valence-electron chi connectivity index (χ0n) is 21.2. The Kier molecular flexibility index (Phi) is 10.9. The standard InChI is InChI=1S/C30H45NO3/c1-3-4-10-22(2)17-26(32)15-16-27-28-19-24(18-25(28)20-29(27)33)13-8-9-14-30(34)31-21-23-11-6-5-7-12-23/h5-7,11-12,15-16,18,22,25-29,32-33H,3-4,8-10,13-14,17,19-21H2,1-2H3,(H,31,34)/b16-15+/t22-,25-,26+,27+,28-,29+/m0/s1. The van der Waals surface area contributed by atoms with Gasteiger partial charge in [-0.1, -0.05) is 87.2 Å². The lowest BCUT2D eigenvalue weighted by molar-refractivity contribution is -0.121. The summed E-state index contributed by atoms with van der Waals surface area (Å²) in [6, 6.07) is 10.0. The molecule has 1 amide bonds. The summed E-state index contributed by atoms with van der Waals surface area (Å²) in [5.74, 6) is 1.70. The lowest BCUT2D eigenvalue weighted by atomic mass is 9.88. The average Bonchev–Trinajstić information content (AvgIpc) is 3.34. The topological polar surface area (TPSA) is 69.6 Å². The number of aliphatic hydroxyl groups is 2. The molecule has 3 rings (SSSR count). The van der Waals surface area contributed by atoms with E-state index in [4.69, 9.17) is 0 Å². The third-order valence-electron chi connectivity index (χ3n) is 7.68. The SMILES string of the molecule is CCCC[C@H](C)C[C@H](O)/C=C/[C@@H]1[C@H]2CC(CCCCC(=O)NCc3ccccc3)=C[C@H]2C[C@H]1O. The number of allylic oxidation sites excluding steroid dienone is 2. The van der Waals surface area contributed by atoms with Gasteiger partial charge in [-0.15, -0.1) is 0 Å². The fourth-order valence-corrected chi connectivity index (χ4v) is 5.73. The maximum atomic E-state index is 12.1. The number of carbonyl (C=O) groups is 1. The van der Waals surface area contributed by atoms with Crippen LogP contribution >= 0.6 is 0 Å². The fourth-order valence-electron chi connectivity index (χ4n) is 5.73. The van der Waals surface area contributed by atoms with Crippen molar-refractivity contribution in [2.45, 2.75) is 96.8 Å². The first-order valence-corrected chi connectivity index (χ1v) is 13.5. The van der Waals surface area contributed by atoms with E-state index in [9.17, 15) is 15.0 Å². The summed E-state index contributed by atoms with van der Waals surface area (Å²) in [5, 5.41) is 24.0. The predicted molar refractivity (Wildman–Crippen MR) is 139 cm³/mol. The van der Waals surface area contributed by atoms with E-state index in [0.29, 0.717) is 30.7 Å². The largest absolute Gasteiger partial charge is 0.392 e. The highest BCUT2D eigenvalue weighted by atomic mass is 16.3. The Balaban J connectivity index is 1.35. The molecule has 1 fully saturated rings. The first-order chi connectivity index (χ1) is 16.5. The molecule has 0 spiro atoms. The second kappa shape index (κ2) is 13.8. The molecule has 1 saturated carbocycles. The van der Waals surface area contributed by atoms with E-state index < -0.39 is 6.10 Å². The summed E-state index contributed by atoms with van der Waals surface area (Å²) in [6.45, 7) is 5.01. The number of aliphatic hydroxyl groups excluding tert-OH is 2. The van der Waals surface area contributed by atoms with E-state index in [1.807, 2.05) is 36.4 Å². The minimum absolute atomic E-state index is 0.122. The van der Waals surface area contributed by atoms with Gasteiger partial charge in [0.25, 0.3) is 0 Å². The van der Waals surface area contributed by atoms with Crippen molar-refractivity contribution >= 4 is 5.91 Å². The lowest BCUT2D eigenvalue weighted by Crippen LogP contribution is -2.22. The van der Waals surface area contributed by atoms with Crippen LogP contribution in [0.15, 0.2) is 54.1 Å². The minimum Gasteiger partial charge on any atom is -0.392 e. The van der Waals surface area contributed by atoms with Crippen molar-refractivity contribution in [2.75, 3.05) is 0 Å². The molecule has 0 saturated heterocycles. The first kappa shape index (κ1) is 26.7. The second-order valence-corrected chi connectivity index (χ2v) is 10.6. The molecule has 0 unspecified atom stereocenters. The van der Waals surface area contributed by atoms with E-state index in [2.05, 4.69) is 31.3 Å². The van der Waals surface area contributed by atoms with E-state index in [1.165, 1.54) is 24.8 Å². The molecular formula is C30H45NO3. The Morgan fingerprint density at radius 2 is 2.00 bits per heavy atom. The lowest BCUT2D eigenvalue weighted by Gasteiger charge is -2.19. The van der Waals surface area contributed by atoms with Gasteiger partial charge >= 0.3 is 0 Å². The van der Waals surface area contributed by atoms with Gasteiger partial charge in [0.05, 0.1) is 12.2 Å². The molecule has 2 aliphatic carbocycles. The Bertz CT molecular complexity index is 803. The Hall–Kier alpha value is -1.91. The number of hydrogen-bond donors (Lipinski definition) is 3. The Morgan fingerprint density at radius 1 is 1.21 bits per heavy atom. The zero-order chi connectivity index (χ0) is 24.3. The summed E-state index contributed by atoms with van der Waals surface area (Å²) < 4.78 is 0. The quantitative estimate of drug-likeness (QED) is 0.234. The van der Waals surface area contributed by atoms with Crippen molar-refractivity contribution in [3.05, 3.63) is 59.7 Å². The van der Waals surface area contributed by atoms with E-state index in [-0.39, 0.29) is 17.9 Å². The minimum atomic E-state index is -0.417. The molecule has 4 heteroatoms. The third-order valence-corrected chi connectivity index (χ3v) is 7.68. The molecule has 3 N–H and O–H groups in total. The summed E-state index contributed by atoms with van der Waals surface area (Å²) in [5.41, 5.74) is 2.61. The summed E-state index contributed by atoms with van der Waals surface area (Å²) in [6.07, 6.45) is 15.5. The monoisotopic (exact) mass is 467 g/mol. The van der Waals surface area contributed by atoms with Gasteiger partial charge in [-0.05, 0) is 61.8 Å². The molecule has 0 bridgehead atoms.